The summed E-state index contributed by atoms with van der Waals surface area (Å²) < 4.78 is 22.7. The maximum Gasteiger partial charge on any atom is 0.238 e. The summed E-state index contributed by atoms with van der Waals surface area (Å²) in [6.07, 6.45) is 0.581. The number of hydrogen-bond donors (Lipinski definition) is 3. The number of imidazole rings is 1. The van der Waals surface area contributed by atoms with Gasteiger partial charge in [0.25, 0.3) is 0 Å². The van der Waals surface area contributed by atoms with Gasteiger partial charge in [0.1, 0.15) is 0 Å². The number of nitrogens with one attached hydrogen (secondary N) is 2. The number of benzene rings is 3. The summed E-state index contributed by atoms with van der Waals surface area (Å²) >= 11 is 1.35. The fourth-order valence-electron chi connectivity index (χ4n) is 3.65. The standard InChI is InChI=1S/C27H28N4O3S2/c1-18-3-9-21(10-4-18)25-26(22-11-5-19(2)6-12-22)31-27(30-25)35-17-24(32)29-16-15-20-7-13-23(14-8-20)36(28,33)34/h3-14H,15-17H2,1-2H3,(H,29,32)(H,30,31)(H2,28,33,34). The highest BCUT2D eigenvalue weighted by Gasteiger charge is 2.15. The number of rotatable bonds is 9. The van der Waals surface area contributed by atoms with E-state index in [9.17, 15) is 13.2 Å². The molecule has 0 unspecified atom stereocenters. The third kappa shape index (κ3) is 6.63. The van der Waals surface area contributed by atoms with Crippen LogP contribution in [0.15, 0.2) is 82.8 Å². The van der Waals surface area contributed by atoms with Crippen LogP contribution in [-0.4, -0.2) is 36.6 Å². The highest BCUT2D eigenvalue weighted by atomic mass is 32.2. The monoisotopic (exact) mass is 520 g/mol. The minimum atomic E-state index is -3.71. The predicted octanol–water partition coefficient (Wildman–Crippen LogP) is 4.46. The molecule has 0 saturated heterocycles. The van der Waals surface area contributed by atoms with Crippen molar-refractivity contribution >= 4 is 27.7 Å². The molecule has 0 spiro atoms. The van der Waals surface area contributed by atoms with Crippen LogP contribution in [0.25, 0.3) is 22.5 Å². The average molecular weight is 521 g/mol. The normalized spacial score (nSPS) is 11.4. The molecule has 0 fully saturated rings. The van der Waals surface area contributed by atoms with Crippen molar-refractivity contribution in [2.75, 3.05) is 12.3 Å². The molecular weight excluding hydrogens is 492 g/mol. The molecule has 4 aromatic rings. The zero-order chi connectivity index (χ0) is 25.7. The van der Waals surface area contributed by atoms with E-state index in [0.29, 0.717) is 18.1 Å². The summed E-state index contributed by atoms with van der Waals surface area (Å²) in [4.78, 5) is 20.7. The van der Waals surface area contributed by atoms with E-state index in [2.05, 4.69) is 72.7 Å². The molecule has 3 aromatic carbocycles. The Hall–Kier alpha value is -3.40. The summed E-state index contributed by atoms with van der Waals surface area (Å²) in [5.41, 5.74) is 7.09. The number of nitrogens with zero attached hydrogens (tertiary/aromatic N) is 1. The van der Waals surface area contributed by atoms with E-state index in [-0.39, 0.29) is 16.6 Å². The lowest BCUT2D eigenvalue weighted by Gasteiger charge is -2.05. The van der Waals surface area contributed by atoms with Crippen LogP contribution in [0.5, 0.6) is 0 Å². The zero-order valence-corrected chi connectivity index (χ0v) is 21.7. The Morgan fingerprint density at radius 3 is 2.08 bits per heavy atom. The van der Waals surface area contributed by atoms with Gasteiger partial charge < -0.3 is 10.3 Å². The highest BCUT2D eigenvalue weighted by molar-refractivity contribution is 7.99. The lowest BCUT2D eigenvalue weighted by atomic mass is 10.0. The van der Waals surface area contributed by atoms with Crippen molar-refractivity contribution in [3.05, 3.63) is 89.5 Å². The smallest absolute Gasteiger partial charge is 0.238 e. The lowest BCUT2D eigenvalue weighted by molar-refractivity contribution is -0.118. The lowest BCUT2D eigenvalue weighted by Crippen LogP contribution is -2.27. The third-order valence-corrected chi connectivity index (χ3v) is 7.48. The van der Waals surface area contributed by atoms with Gasteiger partial charge in [0.15, 0.2) is 5.16 Å². The minimum absolute atomic E-state index is 0.0696. The number of carbonyl (C=O) groups excluding carboxylic acids is 1. The minimum Gasteiger partial charge on any atom is -0.355 e. The number of carbonyl (C=O) groups is 1. The molecule has 4 N–H and O–H groups in total. The van der Waals surface area contributed by atoms with Gasteiger partial charge in [-0.25, -0.2) is 18.5 Å². The zero-order valence-electron chi connectivity index (χ0n) is 20.1. The van der Waals surface area contributed by atoms with Crippen molar-refractivity contribution in [3.8, 4) is 22.5 Å². The second-order valence-electron chi connectivity index (χ2n) is 8.58. The molecule has 0 atom stereocenters. The molecule has 0 saturated carbocycles. The second-order valence-corrected chi connectivity index (χ2v) is 11.1. The van der Waals surface area contributed by atoms with Gasteiger partial charge in [0, 0.05) is 17.7 Å². The first kappa shape index (κ1) is 25.7. The first-order valence-corrected chi connectivity index (χ1v) is 14.0. The molecule has 0 bridgehead atoms. The number of nitrogens with two attached hydrogens (primary N) is 1. The Balaban J connectivity index is 1.39. The van der Waals surface area contributed by atoms with E-state index in [4.69, 9.17) is 10.1 Å². The average Bonchev–Trinajstić information content (AvgIpc) is 3.28. The molecule has 36 heavy (non-hydrogen) atoms. The van der Waals surface area contributed by atoms with Crippen LogP contribution in [0.2, 0.25) is 0 Å². The van der Waals surface area contributed by atoms with Crippen LogP contribution in [0.1, 0.15) is 16.7 Å². The maximum atomic E-state index is 12.4. The fourth-order valence-corrected chi connectivity index (χ4v) is 4.86. The molecule has 1 aromatic heterocycles. The number of aromatic nitrogens is 2. The highest BCUT2D eigenvalue weighted by Crippen LogP contribution is 2.33. The van der Waals surface area contributed by atoms with E-state index in [1.165, 1.54) is 35.0 Å². The van der Waals surface area contributed by atoms with Crippen LogP contribution in [-0.2, 0) is 21.2 Å². The Labute approximate surface area is 215 Å². The van der Waals surface area contributed by atoms with Crippen molar-refractivity contribution in [2.24, 2.45) is 5.14 Å². The van der Waals surface area contributed by atoms with E-state index in [1.807, 2.05) is 0 Å². The van der Waals surface area contributed by atoms with Crippen molar-refractivity contribution in [1.29, 1.82) is 0 Å². The van der Waals surface area contributed by atoms with Gasteiger partial charge in [-0.1, -0.05) is 83.6 Å². The number of primary sulfonamides is 1. The summed E-state index contributed by atoms with van der Waals surface area (Å²) in [6, 6.07) is 22.8. The van der Waals surface area contributed by atoms with Gasteiger partial charge in [0.2, 0.25) is 15.9 Å². The number of aryl methyl sites for hydroxylation is 2. The van der Waals surface area contributed by atoms with Gasteiger partial charge in [-0.05, 0) is 38.0 Å². The van der Waals surface area contributed by atoms with Crippen molar-refractivity contribution in [1.82, 2.24) is 15.3 Å². The Morgan fingerprint density at radius 1 is 0.917 bits per heavy atom. The number of amides is 1. The molecule has 0 aliphatic heterocycles. The quantitative estimate of drug-likeness (QED) is 0.282. The topological polar surface area (TPSA) is 118 Å². The molecule has 1 amide bonds. The van der Waals surface area contributed by atoms with Crippen molar-refractivity contribution in [3.63, 3.8) is 0 Å². The molecule has 0 radical (unpaired) electrons. The number of aromatic amines is 1. The second kappa shape index (κ2) is 11.1. The van der Waals surface area contributed by atoms with Gasteiger partial charge >= 0.3 is 0 Å². The maximum absolute atomic E-state index is 12.4. The van der Waals surface area contributed by atoms with Crippen LogP contribution in [0.4, 0.5) is 0 Å². The fraction of sp³-hybridized carbons (Fsp3) is 0.185. The Morgan fingerprint density at radius 2 is 1.50 bits per heavy atom. The molecule has 7 nitrogen and oxygen atoms in total. The van der Waals surface area contributed by atoms with E-state index in [0.717, 1.165) is 28.1 Å². The molecule has 9 heteroatoms. The molecule has 1 heterocycles. The Kier molecular flexibility index (Phi) is 7.93. The van der Waals surface area contributed by atoms with Gasteiger partial charge in [-0.3, -0.25) is 4.79 Å². The summed E-state index contributed by atoms with van der Waals surface area (Å²) in [7, 11) is -3.71. The molecule has 0 aliphatic carbocycles. The van der Waals surface area contributed by atoms with Crippen LogP contribution < -0.4 is 10.5 Å². The molecular formula is C27H28N4O3S2. The van der Waals surface area contributed by atoms with E-state index < -0.39 is 10.0 Å². The van der Waals surface area contributed by atoms with Crippen LogP contribution in [0, 0.1) is 13.8 Å². The first-order valence-electron chi connectivity index (χ1n) is 11.4. The first-order chi connectivity index (χ1) is 17.2. The summed E-state index contributed by atoms with van der Waals surface area (Å²) in [6.45, 7) is 4.54. The predicted molar refractivity (Wildman–Crippen MR) is 144 cm³/mol. The SMILES string of the molecule is Cc1ccc(-c2nc(SCC(=O)NCCc3ccc(S(N)(=O)=O)cc3)[nH]c2-c2ccc(C)cc2)cc1. The Bertz CT molecular complexity index is 1380. The number of sulfonamides is 1. The molecule has 4 rings (SSSR count). The molecule has 186 valence electrons. The number of H-pyrrole nitrogens is 1. The van der Waals surface area contributed by atoms with E-state index in [1.54, 1.807) is 12.1 Å². The summed E-state index contributed by atoms with van der Waals surface area (Å²) in [5, 5.41) is 8.70. The van der Waals surface area contributed by atoms with E-state index >= 15 is 0 Å². The van der Waals surface area contributed by atoms with Gasteiger partial charge in [-0.15, -0.1) is 0 Å². The van der Waals surface area contributed by atoms with Gasteiger partial charge in [0.05, 0.1) is 22.0 Å². The largest absolute Gasteiger partial charge is 0.355 e. The van der Waals surface area contributed by atoms with Crippen LogP contribution >= 0.6 is 11.8 Å². The van der Waals surface area contributed by atoms with Gasteiger partial charge in [-0.2, -0.15) is 0 Å². The third-order valence-electron chi connectivity index (χ3n) is 5.68. The number of hydrogen-bond acceptors (Lipinski definition) is 5. The van der Waals surface area contributed by atoms with Crippen molar-refractivity contribution < 1.29 is 13.2 Å². The van der Waals surface area contributed by atoms with Crippen molar-refractivity contribution in [2.45, 2.75) is 30.3 Å². The summed E-state index contributed by atoms with van der Waals surface area (Å²) in [5.74, 6) is 0.116. The number of thioether (sulfide) groups is 1. The van der Waals surface area contributed by atoms with Crippen LogP contribution in [0.3, 0.4) is 0 Å². The molecule has 0 aliphatic rings.